The van der Waals surface area contributed by atoms with Crippen molar-refractivity contribution in [2.75, 3.05) is 5.88 Å². The van der Waals surface area contributed by atoms with Crippen molar-refractivity contribution in [2.24, 2.45) is 0 Å². The molecule has 7 heavy (non-hydrogen) atoms. The molecule has 0 saturated heterocycles. The van der Waals surface area contributed by atoms with Crippen molar-refractivity contribution in [3.63, 3.8) is 0 Å². The number of alkyl halides is 3. The second-order valence-electron chi connectivity index (χ2n) is 0.917. The van der Waals surface area contributed by atoms with Crippen LogP contribution in [-0.2, 0) is 0 Å². The number of rotatable bonds is 2. The molecule has 0 fully saturated rings. The number of halogens is 3. The molecule has 0 nitrogen and oxygen atoms in total. The maximum Gasteiger partial charge on any atom is 0.125 e. The van der Waals surface area contributed by atoms with Crippen molar-refractivity contribution >= 4 is 34.8 Å². The van der Waals surface area contributed by atoms with E-state index in [2.05, 4.69) is 0 Å². The zero-order chi connectivity index (χ0) is 5.70. The van der Waals surface area contributed by atoms with Gasteiger partial charge in [0.25, 0.3) is 0 Å². The van der Waals surface area contributed by atoms with Gasteiger partial charge >= 0.3 is 0 Å². The van der Waals surface area contributed by atoms with Gasteiger partial charge in [-0.3, -0.25) is 0 Å². The Morgan fingerprint density at radius 1 is 1.43 bits per heavy atom. The Morgan fingerprint density at radius 3 is 2.14 bits per heavy atom. The Kier molecular flexibility index (Phi) is 5.18. The second kappa shape index (κ2) is 4.76. The quantitative estimate of drug-likeness (QED) is 0.429. The van der Waals surface area contributed by atoms with Gasteiger partial charge in [0, 0.05) is 5.88 Å². The first-order valence-electron chi connectivity index (χ1n) is 1.78. The fourth-order valence-electron chi connectivity index (χ4n) is 0.154. The minimum Gasteiger partial charge on any atom is -0.122 e. The van der Waals surface area contributed by atoms with Gasteiger partial charge in [0.2, 0.25) is 0 Å². The lowest BCUT2D eigenvalue weighted by atomic mass is 10.6. The van der Waals surface area contributed by atoms with Crippen molar-refractivity contribution in [1.82, 2.24) is 0 Å². The fraction of sp³-hybridized carbons (Fsp3) is 0.500. The first kappa shape index (κ1) is 7.61. The van der Waals surface area contributed by atoms with Crippen LogP contribution in [0.5, 0.6) is 0 Å². The minimum atomic E-state index is -0.418. The maximum absolute atomic E-state index is 5.28. The third-order valence-corrected chi connectivity index (χ3v) is 0.840. The van der Waals surface area contributed by atoms with Crippen LogP contribution in [0.15, 0.2) is 12.2 Å². The highest BCUT2D eigenvalue weighted by Gasteiger charge is 1.84. The zero-order valence-electron chi connectivity index (χ0n) is 3.57. The normalized spacial score (nSPS) is 11.4. The van der Waals surface area contributed by atoms with Crippen molar-refractivity contribution in [3.8, 4) is 0 Å². The molecule has 0 aromatic rings. The van der Waals surface area contributed by atoms with E-state index in [0.717, 1.165) is 0 Å². The summed E-state index contributed by atoms with van der Waals surface area (Å²) >= 11 is 15.8. The molecule has 0 spiro atoms. The second-order valence-corrected chi connectivity index (χ2v) is 2.39. The molecule has 0 heterocycles. The summed E-state index contributed by atoms with van der Waals surface area (Å²) in [5.74, 6) is 0.468. The Hall–Kier alpha value is 0.610. The number of hydrogen-bond acceptors (Lipinski definition) is 0. The highest BCUT2D eigenvalue weighted by molar-refractivity contribution is 6.45. The highest BCUT2D eigenvalue weighted by atomic mass is 35.5. The van der Waals surface area contributed by atoms with Crippen LogP contribution in [0.25, 0.3) is 0 Å². The zero-order valence-corrected chi connectivity index (χ0v) is 5.84. The maximum atomic E-state index is 5.28. The van der Waals surface area contributed by atoms with Crippen LogP contribution in [0.2, 0.25) is 0 Å². The molecule has 0 aliphatic heterocycles. The predicted octanol–water partition coefficient (Wildman–Crippen LogP) is 2.59. The Morgan fingerprint density at radius 2 is 2.00 bits per heavy atom. The Bertz CT molecular complexity index is 58.0. The van der Waals surface area contributed by atoms with Gasteiger partial charge in [-0.2, -0.15) is 0 Å². The van der Waals surface area contributed by atoms with Gasteiger partial charge in [-0.15, -0.1) is 34.8 Å². The summed E-state index contributed by atoms with van der Waals surface area (Å²) < 4.78 is 0. The molecule has 0 aliphatic rings. The van der Waals surface area contributed by atoms with Crippen LogP contribution in [0, 0.1) is 0 Å². The third kappa shape index (κ3) is 6.61. The lowest BCUT2D eigenvalue weighted by Gasteiger charge is -1.83. The van der Waals surface area contributed by atoms with Crippen LogP contribution in [0.3, 0.4) is 0 Å². The minimum absolute atomic E-state index is 0.418. The monoisotopic (exact) mass is 158 g/mol. The molecule has 42 valence electrons. The van der Waals surface area contributed by atoms with Crippen molar-refractivity contribution < 1.29 is 0 Å². The van der Waals surface area contributed by atoms with Crippen molar-refractivity contribution in [1.29, 1.82) is 0 Å². The summed E-state index contributed by atoms with van der Waals surface area (Å²) in [4.78, 5) is -0.418. The average Bonchev–Trinajstić information content (AvgIpc) is 1.61. The molecule has 0 rings (SSSR count). The summed E-state index contributed by atoms with van der Waals surface area (Å²) in [5, 5.41) is 0. The summed E-state index contributed by atoms with van der Waals surface area (Å²) in [6.45, 7) is 0. The van der Waals surface area contributed by atoms with Crippen LogP contribution >= 0.6 is 34.8 Å². The highest BCUT2D eigenvalue weighted by Crippen LogP contribution is 2.01. The van der Waals surface area contributed by atoms with Gasteiger partial charge in [-0.25, -0.2) is 0 Å². The van der Waals surface area contributed by atoms with Crippen LogP contribution < -0.4 is 0 Å². The standard InChI is InChI=1S/C4H5Cl3/c5-3-1-2-4(6)7/h1-2,4H,3H2. The van der Waals surface area contributed by atoms with Crippen LogP contribution in [0.4, 0.5) is 0 Å². The van der Waals surface area contributed by atoms with E-state index in [1.165, 1.54) is 0 Å². The van der Waals surface area contributed by atoms with E-state index < -0.39 is 4.84 Å². The van der Waals surface area contributed by atoms with Crippen LogP contribution in [-0.4, -0.2) is 10.7 Å². The smallest absolute Gasteiger partial charge is 0.122 e. The van der Waals surface area contributed by atoms with Crippen LogP contribution in [0.1, 0.15) is 0 Å². The molecule has 0 aromatic carbocycles. The molecule has 0 aliphatic carbocycles. The lowest BCUT2D eigenvalue weighted by Crippen LogP contribution is -1.74. The molecule has 0 amide bonds. The third-order valence-electron chi connectivity index (χ3n) is 0.371. The molecule has 0 atom stereocenters. The number of allylic oxidation sites excluding steroid dienone is 2. The first-order valence-corrected chi connectivity index (χ1v) is 3.19. The average molecular weight is 159 g/mol. The molecule has 0 unspecified atom stereocenters. The molecule has 0 radical (unpaired) electrons. The lowest BCUT2D eigenvalue weighted by molar-refractivity contribution is 1.56. The van der Waals surface area contributed by atoms with Crippen molar-refractivity contribution in [2.45, 2.75) is 4.84 Å². The van der Waals surface area contributed by atoms with E-state index in [1.807, 2.05) is 0 Å². The molecular weight excluding hydrogens is 154 g/mol. The van der Waals surface area contributed by atoms with Gasteiger partial charge in [0.15, 0.2) is 0 Å². The largest absolute Gasteiger partial charge is 0.125 e. The molecular formula is C4H5Cl3. The first-order chi connectivity index (χ1) is 3.27. The summed E-state index contributed by atoms with van der Waals surface area (Å²) in [5.41, 5.74) is 0. The predicted molar refractivity (Wildman–Crippen MR) is 35.4 cm³/mol. The van der Waals surface area contributed by atoms with E-state index >= 15 is 0 Å². The number of hydrogen-bond donors (Lipinski definition) is 0. The van der Waals surface area contributed by atoms with E-state index in [9.17, 15) is 0 Å². The summed E-state index contributed by atoms with van der Waals surface area (Å²) in [6.07, 6.45) is 3.32. The summed E-state index contributed by atoms with van der Waals surface area (Å²) in [7, 11) is 0. The fourth-order valence-corrected chi connectivity index (χ4v) is 0.463. The van der Waals surface area contributed by atoms with Gasteiger partial charge in [0.1, 0.15) is 4.84 Å². The Balaban J connectivity index is 3.08. The Labute approximate surface area is 58.1 Å². The van der Waals surface area contributed by atoms with E-state index in [4.69, 9.17) is 34.8 Å². The molecule has 3 heteroatoms. The molecule has 0 N–H and O–H groups in total. The topological polar surface area (TPSA) is 0 Å². The molecule has 0 aromatic heterocycles. The van der Waals surface area contributed by atoms with Gasteiger partial charge in [0.05, 0.1) is 0 Å². The van der Waals surface area contributed by atoms with E-state index in [1.54, 1.807) is 12.2 Å². The molecule has 0 bridgehead atoms. The van der Waals surface area contributed by atoms with Gasteiger partial charge in [-0.1, -0.05) is 12.2 Å². The van der Waals surface area contributed by atoms with Crippen molar-refractivity contribution in [3.05, 3.63) is 12.2 Å². The molecule has 0 saturated carbocycles. The summed E-state index contributed by atoms with van der Waals surface area (Å²) in [6, 6.07) is 0. The van der Waals surface area contributed by atoms with E-state index in [-0.39, 0.29) is 0 Å². The van der Waals surface area contributed by atoms with Gasteiger partial charge in [-0.05, 0) is 0 Å². The van der Waals surface area contributed by atoms with E-state index in [0.29, 0.717) is 5.88 Å². The SMILES string of the molecule is ClCC=CC(Cl)Cl. The van der Waals surface area contributed by atoms with Gasteiger partial charge < -0.3 is 0 Å².